The van der Waals surface area contributed by atoms with Gasteiger partial charge in [-0.1, -0.05) is 23.8 Å². The van der Waals surface area contributed by atoms with E-state index in [1.807, 2.05) is 12.1 Å². The minimum Gasteiger partial charge on any atom is -0.497 e. The fraction of sp³-hybridized carbons (Fsp3) is 0.636. The highest BCUT2D eigenvalue weighted by atomic mass is 16.6. The predicted octanol–water partition coefficient (Wildman–Crippen LogP) is 3.60. The first-order valence-electron chi connectivity index (χ1n) is 15.2. The van der Waals surface area contributed by atoms with E-state index in [0.29, 0.717) is 44.5 Å². The second-order valence-corrected chi connectivity index (χ2v) is 12.8. The van der Waals surface area contributed by atoms with Crippen molar-refractivity contribution in [2.24, 2.45) is 11.8 Å². The highest BCUT2D eigenvalue weighted by Gasteiger charge is 2.50. The van der Waals surface area contributed by atoms with Gasteiger partial charge in [-0.25, -0.2) is 0 Å². The molecule has 9 nitrogen and oxygen atoms in total. The van der Waals surface area contributed by atoms with Crippen molar-refractivity contribution in [1.82, 2.24) is 10.6 Å². The number of allylic oxidation sites excluding steroid dienone is 1. The van der Waals surface area contributed by atoms with Crippen molar-refractivity contribution in [3.05, 3.63) is 41.5 Å². The highest BCUT2D eigenvalue weighted by Crippen LogP contribution is 2.33. The van der Waals surface area contributed by atoms with Crippen molar-refractivity contribution in [3.63, 3.8) is 0 Å². The monoisotopic (exact) mass is 582 g/mol. The van der Waals surface area contributed by atoms with E-state index in [1.54, 1.807) is 40.0 Å². The number of hydrogen-bond donors (Lipinski definition) is 3. The fourth-order valence-corrected chi connectivity index (χ4v) is 5.94. The Labute approximate surface area is 248 Å². The summed E-state index contributed by atoms with van der Waals surface area (Å²) in [6.45, 7) is 5.50. The lowest BCUT2D eigenvalue weighted by atomic mass is 9.79. The molecule has 4 atom stereocenters. The minimum absolute atomic E-state index is 0.0872. The first-order chi connectivity index (χ1) is 19.9. The van der Waals surface area contributed by atoms with Crippen LogP contribution in [0.15, 0.2) is 35.9 Å². The third kappa shape index (κ3) is 8.51. The Bertz CT molecular complexity index is 1180. The molecule has 1 aromatic rings. The molecule has 3 aliphatic rings. The van der Waals surface area contributed by atoms with E-state index in [9.17, 15) is 24.3 Å². The van der Waals surface area contributed by atoms with Crippen molar-refractivity contribution in [2.75, 3.05) is 13.7 Å². The summed E-state index contributed by atoms with van der Waals surface area (Å²) in [5.41, 5.74) is 0.371. The number of nitrogens with one attached hydrogen (secondary N) is 2. The van der Waals surface area contributed by atoms with Crippen LogP contribution in [0.3, 0.4) is 0 Å². The van der Waals surface area contributed by atoms with E-state index in [0.717, 1.165) is 30.4 Å². The molecule has 1 aliphatic heterocycles. The normalized spacial score (nSPS) is 27.3. The lowest BCUT2D eigenvalue weighted by molar-refractivity contribution is -0.135. The summed E-state index contributed by atoms with van der Waals surface area (Å²) in [6, 6.07) is 5.83. The van der Waals surface area contributed by atoms with Crippen LogP contribution in [0.5, 0.6) is 5.75 Å². The Morgan fingerprint density at radius 3 is 2.31 bits per heavy atom. The molecule has 2 aliphatic carbocycles. The van der Waals surface area contributed by atoms with Crippen molar-refractivity contribution in [1.29, 1.82) is 0 Å². The molecule has 0 bridgehead atoms. The molecule has 230 valence electrons. The number of methoxy groups -OCH3 is 1. The van der Waals surface area contributed by atoms with Crippen LogP contribution in [-0.2, 0) is 30.3 Å². The first kappa shape index (κ1) is 31.9. The van der Waals surface area contributed by atoms with Crippen molar-refractivity contribution in [2.45, 2.75) is 108 Å². The zero-order chi connectivity index (χ0) is 30.5. The van der Waals surface area contributed by atoms with Gasteiger partial charge in [-0.15, -0.1) is 0 Å². The number of amides is 2. The maximum Gasteiger partial charge on any atom is 0.224 e. The number of ketones is 2. The van der Waals surface area contributed by atoms with E-state index in [1.165, 1.54) is 0 Å². The van der Waals surface area contributed by atoms with Crippen LogP contribution >= 0.6 is 0 Å². The van der Waals surface area contributed by atoms with Gasteiger partial charge in [0.05, 0.1) is 31.4 Å². The van der Waals surface area contributed by atoms with Crippen LogP contribution in [0.4, 0.5) is 0 Å². The van der Waals surface area contributed by atoms with Gasteiger partial charge in [0.1, 0.15) is 11.4 Å². The van der Waals surface area contributed by atoms with Crippen LogP contribution in [0, 0.1) is 11.8 Å². The number of ether oxygens (including phenoxy) is 2. The van der Waals surface area contributed by atoms with Crippen LogP contribution in [0.25, 0.3) is 0 Å². The van der Waals surface area contributed by atoms with E-state index < -0.39 is 29.2 Å². The van der Waals surface area contributed by atoms with E-state index in [4.69, 9.17) is 9.47 Å². The number of benzene rings is 1. The zero-order valence-corrected chi connectivity index (χ0v) is 25.4. The summed E-state index contributed by atoms with van der Waals surface area (Å²) in [5.74, 6) is -1.27. The third-order valence-electron chi connectivity index (χ3n) is 9.07. The molecule has 3 N–H and O–H groups in total. The molecule has 1 heterocycles. The summed E-state index contributed by atoms with van der Waals surface area (Å²) < 4.78 is 10.7. The number of epoxide rings is 1. The molecule has 1 aromatic carbocycles. The summed E-state index contributed by atoms with van der Waals surface area (Å²) >= 11 is 0. The van der Waals surface area contributed by atoms with Crippen LogP contribution in [0.1, 0.15) is 84.1 Å². The second-order valence-electron chi connectivity index (χ2n) is 12.8. The smallest absolute Gasteiger partial charge is 0.224 e. The molecular weight excluding hydrogens is 536 g/mol. The Kier molecular flexibility index (Phi) is 10.3. The molecule has 0 aromatic heterocycles. The van der Waals surface area contributed by atoms with Gasteiger partial charge in [0.15, 0.2) is 11.6 Å². The minimum atomic E-state index is -0.885. The van der Waals surface area contributed by atoms with Crippen LogP contribution in [-0.4, -0.2) is 65.5 Å². The molecule has 9 heteroatoms. The van der Waals surface area contributed by atoms with E-state index in [-0.39, 0.29) is 42.1 Å². The maximum absolute atomic E-state index is 13.8. The molecule has 0 radical (unpaired) electrons. The fourth-order valence-electron chi connectivity index (χ4n) is 5.94. The standard InChI is InChI=1S/C33H46N2O7/c1-21(34-30(38)24-13-15-32(2,40)16-14-24)28(36)19-25(17-23-9-11-26(41-4)12-10-23)31(39)35-27(18-22-7-5-6-8-22)29(37)33(3)20-42-33/h7,9-12,21,24-25,27,40H,5-6,8,13-20H2,1-4H3,(H,34,38)(H,35,39)/t21-,24?,25-,27+,32?,33-/m1/s1. The Morgan fingerprint density at radius 1 is 1.07 bits per heavy atom. The molecule has 2 amide bonds. The van der Waals surface area contributed by atoms with Gasteiger partial charge in [0.2, 0.25) is 11.8 Å². The van der Waals surface area contributed by atoms with E-state index in [2.05, 4.69) is 16.7 Å². The molecule has 4 rings (SSSR count). The number of Topliss-reactive ketones (excluding diaryl/α,β-unsaturated/α-hetero) is 2. The highest BCUT2D eigenvalue weighted by molar-refractivity contribution is 5.98. The van der Waals surface area contributed by atoms with Gasteiger partial charge >= 0.3 is 0 Å². The van der Waals surface area contributed by atoms with Crippen molar-refractivity contribution < 1.29 is 33.8 Å². The molecule has 2 fully saturated rings. The van der Waals surface area contributed by atoms with Gasteiger partial charge in [-0.2, -0.15) is 0 Å². The average molecular weight is 583 g/mol. The molecular formula is C33H46N2O7. The molecule has 0 unspecified atom stereocenters. The third-order valence-corrected chi connectivity index (χ3v) is 9.07. The quantitative estimate of drug-likeness (QED) is 0.225. The van der Waals surface area contributed by atoms with Crippen LogP contribution < -0.4 is 15.4 Å². The Morgan fingerprint density at radius 2 is 1.74 bits per heavy atom. The van der Waals surface area contributed by atoms with Crippen molar-refractivity contribution >= 4 is 23.4 Å². The lowest BCUT2D eigenvalue weighted by Crippen LogP contribution is -2.49. The van der Waals surface area contributed by atoms with Crippen molar-refractivity contribution in [3.8, 4) is 5.75 Å². The Hall–Kier alpha value is -3.04. The zero-order valence-electron chi connectivity index (χ0n) is 25.4. The number of carbonyl (C=O) groups is 4. The second kappa shape index (κ2) is 13.5. The lowest BCUT2D eigenvalue weighted by Gasteiger charge is -2.32. The van der Waals surface area contributed by atoms with Gasteiger partial charge in [0.25, 0.3) is 0 Å². The summed E-state index contributed by atoms with van der Waals surface area (Å²) in [7, 11) is 1.58. The van der Waals surface area contributed by atoms with Crippen LogP contribution in [0.2, 0.25) is 0 Å². The number of rotatable bonds is 14. The van der Waals surface area contributed by atoms with Gasteiger partial charge in [-0.05, 0) is 96.3 Å². The largest absolute Gasteiger partial charge is 0.497 e. The topological polar surface area (TPSA) is 134 Å². The Balaban J connectivity index is 1.45. The number of carbonyl (C=O) groups excluding carboxylic acids is 4. The molecule has 1 saturated carbocycles. The van der Waals surface area contributed by atoms with Gasteiger partial charge in [0, 0.05) is 18.3 Å². The summed E-state index contributed by atoms with van der Waals surface area (Å²) in [4.78, 5) is 53.4. The average Bonchev–Trinajstić information content (AvgIpc) is 3.50. The molecule has 0 spiro atoms. The SMILES string of the molecule is COc1ccc(C[C@H](CC(=O)[C@@H](C)NC(=O)C2CCC(C)(O)CC2)C(=O)N[C@@H](CC2=CCCC2)C(=O)[C@@]2(C)CO2)cc1. The first-order valence-corrected chi connectivity index (χ1v) is 15.2. The summed E-state index contributed by atoms with van der Waals surface area (Å²) in [6.07, 6.45) is 7.90. The summed E-state index contributed by atoms with van der Waals surface area (Å²) in [5, 5.41) is 16.0. The molecule has 42 heavy (non-hydrogen) atoms. The number of hydrogen-bond acceptors (Lipinski definition) is 7. The van der Waals surface area contributed by atoms with E-state index >= 15 is 0 Å². The maximum atomic E-state index is 13.8. The number of aliphatic hydroxyl groups is 1. The van der Waals surface area contributed by atoms with Gasteiger partial charge in [-0.3, -0.25) is 19.2 Å². The van der Waals surface area contributed by atoms with Gasteiger partial charge < -0.3 is 25.2 Å². The predicted molar refractivity (Wildman–Crippen MR) is 158 cm³/mol. The molecule has 1 saturated heterocycles.